The van der Waals surface area contributed by atoms with Gasteiger partial charge in [-0.25, -0.2) is 9.07 Å². The van der Waals surface area contributed by atoms with Crippen LogP contribution < -0.4 is 10.2 Å². The summed E-state index contributed by atoms with van der Waals surface area (Å²) in [6.07, 6.45) is 2.88. The summed E-state index contributed by atoms with van der Waals surface area (Å²) < 4.78 is 15.2. The van der Waals surface area contributed by atoms with E-state index in [-0.39, 0.29) is 22.0 Å². The maximum atomic E-state index is 13.3. The summed E-state index contributed by atoms with van der Waals surface area (Å²) in [5.41, 5.74) is 2.45. The molecule has 1 aliphatic rings. The number of ketones is 1. The molecule has 0 aliphatic carbocycles. The number of amidine groups is 1. The number of benzene rings is 2. The zero-order valence-electron chi connectivity index (χ0n) is 15.9. The van der Waals surface area contributed by atoms with Crippen molar-refractivity contribution in [2.24, 2.45) is 5.92 Å². The Morgan fingerprint density at radius 3 is 2.47 bits per heavy atom. The molecule has 0 unspecified atom stereocenters. The number of carbonyl (C=O) groups excluding carboxylic acids is 1. The van der Waals surface area contributed by atoms with E-state index < -0.39 is 5.82 Å². The molecule has 2 heterocycles. The summed E-state index contributed by atoms with van der Waals surface area (Å²) in [7, 11) is 0. The minimum Gasteiger partial charge on any atom is -0.371 e. The number of Topliss-reactive ketones (excluding diaryl/α,β-unsaturated/α-hetero) is 1. The van der Waals surface area contributed by atoms with Gasteiger partial charge in [0.15, 0.2) is 5.84 Å². The number of rotatable bonds is 5. The fraction of sp³-hybridized carbons (Fsp3) is 0.250. The van der Waals surface area contributed by atoms with Crippen molar-refractivity contribution in [1.82, 2.24) is 20.2 Å². The zero-order chi connectivity index (χ0) is 21.1. The van der Waals surface area contributed by atoms with Crippen molar-refractivity contribution in [1.29, 1.82) is 5.41 Å². The maximum Gasteiger partial charge on any atom is 0.200 e. The van der Waals surface area contributed by atoms with Crippen LogP contribution >= 0.6 is 15.9 Å². The Labute approximate surface area is 180 Å². The van der Waals surface area contributed by atoms with Crippen molar-refractivity contribution >= 4 is 38.9 Å². The fourth-order valence-corrected chi connectivity index (χ4v) is 3.86. The largest absolute Gasteiger partial charge is 0.371 e. The molecule has 1 aromatic heterocycles. The molecule has 4 rings (SSSR count). The maximum absolute atomic E-state index is 13.3. The number of piperidine rings is 1. The van der Waals surface area contributed by atoms with Gasteiger partial charge in [0, 0.05) is 30.4 Å². The van der Waals surface area contributed by atoms with E-state index in [9.17, 15) is 9.18 Å². The Hall–Kier alpha value is -3.14. The van der Waals surface area contributed by atoms with Crippen molar-refractivity contribution in [2.75, 3.05) is 23.3 Å². The second kappa shape index (κ2) is 8.70. The molecule has 0 saturated carbocycles. The van der Waals surface area contributed by atoms with Crippen LogP contribution in [0, 0.1) is 17.1 Å². The lowest BCUT2D eigenvalue weighted by Crippen LogP contribution is -2.39. The summed E-state index contributed by atoms with van der Waals surface area (Å²) in [5, 5.41) is 22.0. The van der Waals surface area contributed by atoms with Crippen LogP contribution in [0.1, 0.15) is 12.8 Å². The third-order valence-corrected chi connectivity index (χ3v) is 5.74. The Kier molecular flexibility index (Phi) is 5.84. The number of nitrogens with one attached hydrogen (secondary N) is 2. The third kappa shape index (κ3) is 4.38. The molecule has 0 radical (unpaired) electrons. The molecular weight excluding hydrogens is 453 g/mol. The predicted octanol–water partition coefficient (Wildman–Crippen LogP) is 3.44. The van der Waals surface area contributed by atoms with E-state index in [4.69, 9.17) is 5.41 Å². The molecule has 2 N–H and O–H groups in total. The van der Waals surface area contributed by atoms with E-state index in [1.165, 1.54) is 18.2 Å². The molecule has 8 nitrogen and oxygen atoms in total. The van der Waals surface area contributed by atoms with Crippen molar-refractivity contribution in [3.63, 3.8) is 0 Å². The predicted molar refractivity (Wildman–Crippen MR) is 115 cm³/mol. The monoisotopic (exact) mass is 471 g/mol. The average Bonchev–Trinajstić information content (AvgIpc) is 3.31. The van der Waals surface area contributed by atoms with Crippen molar-refractivity contribution < 1.29 is 9.18 Å². The first-order valence-corrected chi connectivity index (χ1v) is 10.2. The second-order valence-electron chi connectivity index (χ2n) is 7.03. The highest BCUT2D eigenvalue weighted by Gasteiger charge is 2.27. The number of nitrogens with zero attached hydrogens (tertiary/aromatic N) is 5. The normalized spacial score (nSPS) is 14.5. The van der Waals surface area contributed by atoms with Gasteiger partial charge in [-0.1, -0.05) is 0 Å². The number of carbonyl (C=O) groups is 1. The third-order valence-electron chi connectivity index (χ3n) is 5.13. The first-order valence-electron chi connectivity index (χ1n) is 9.44. The molecule has 30 heavy (non-hydrogen) atoms. The van der Waals surface area contributed by atoms with Gasteiger partial charge in [0.1, 0.15) is 12.1 Å². The van der Waals surface area contributed by atoms with Gasteiger partial charge in [-0.15, -0.1) is 5.10 Å². The Morgan fingerprint density at radius 1 is 1.13 bits per heavy atom. The van der Waals surface area contributed by atoms with Gasteiger partial charge < -0.3 is 10.2 Å². The fourth-order valence-electron chi connectivity index (χ4n) is 3.48. The lowest BCUT2D eigenvalue weighted by atomic mass is 9.91. The minimum absolute atomic E-state index is 0.169. The molecule has 0 amide bonds. The summed E-state index contributed by atoms with van der Waals surface area (Å²) in [4.78, 5) is 14.9. The van der Waals surface area contributed by atoms with Gasteiger partial charge in [0.05, 0.1) is 10.2 Å². The first-order chi connectivity index (χ1) is 14.5. The van der Waals surface area contributed by atoms with Crippen molar-refractivity contribution in [3.05, 3.63) is 59.1 Å². The topological polar surface area (TPSA) is 99.8 Å². The first kappa shape index (κ1) is 20.1. The molecule has 3 aromatic rings. The molecule has 2 aromatic carbocycles. The van der Waals surface area contributed by atoms with Crippen LogP contribution in [0.4, 0.5) is 15.8 Å². The van der Waals surface area contributed by atoms with Crippen LogP contribution in [-0.2, 0) is 4.79 Å². The molecule has 10 heteroatoms. The van der Waals surface area contributed by atoms with Gasteiger partial charge in [-0.3, -0.25) is 10.2 Å². The van der Waals surface area contributed by atoms with E-state index in [1.54, 1.807) is 11.0 Å². The van der Waals surface area contributed by atoms with Crippen LogP contribution in [0.25, 0.3) is 5.69 Å². The highest BCUT2D eigenvalue weighted by Crippen LogP contribution is 2.26. The van der Waals surface area contributed by atoms with Crippen LogP contribution in [0.5, 0.6) is 0 Å². The molecule has 154 valence electrons. The van der Waals surface area contributed by atoms with Gasteiger partial charge in [0.25, 0.3) is 0 Å². The number of hydrogen-bond acceptors (Lipinski definition) is 6. The Bertz CT molecular complexity index is 1050. The van der Waals surface area contributed by atoms with E-state index in [2.05, 4.69) is 41.7 Å². The molecule has 0 bridgehead atoms. The van der Waals surface area contributed by atoms with Crippen LogP contribution in [0.15, 0.2) is 53.3 Å². The summed E-state index contributed by atoms with van der Waals surface area (Å²) in [6.45, 7) is 1.46. The highest BCUT2D eigenvalue weighted by molar-refractivity contribution is 9.10. The van der Waals surface area contributed by atoms with Crippen LogP contribution in [0.3, 0.4) is 0 Å². The number of aromatic nitrogens is 4. The number of anilines is 2. The van der Waals surface area contributed by atoms with Gasteiger partial charge in [-0.05, 0) is 81.7 Å². The zero-order valence-corrected chi connectivity index (χ0v) is 17.5. The number of hydrogen-bond donors (Lipinski definition) is 2. The van der Waals surface area contributed by atoms with Crippen LogP contribution in [-0.4, -0.2) is 44.9 Å². The summed E-state index contributed by atoms with van der Waals surface area (Å²) in [6, 6.07) is 12.2. The average molecular weight is 472 g/mol. The van der Waals surface area contributed by atoms with Gasteiger partial charge >= 0.3 is 0 Å². The summed E-state index contributed by atoms with van der Waals surface area (Å²) >= 11 is 3.11. The van der Waals surface area contributed by atoms with E-state index >= 15 is 0 Å². The van der Waals surface area contributed by atoms with E-state index in [1.807, 2.05) is 24.3 Å². The standard InChI is InChI=1S/C20H19BrFN7O/c21-17-11-14(1-6-18(17)22)25-20(23)19(30)13-7-9-28(10-8-13)15-2-4-16(5-3-15)29-12-24-26-27-29/h1-6,11-13H,7-10H2,(H2,23,25). The molecule has 0 spiro atoms. The quantitative estimate of drug-likeness (QED) is 0.436. The number of halogens is 2. The van der Waals surface area contributed by atoms with Crippen molar-refractivity contribution in [2.45, 2.75) is 12.8 Å². The highest BCUT2D eigenvalue weighted by atomic mass is 79.9. The Balaban J connectivity index is 1.32. The molecule has 1 aliphatic heterocycles. The van der Waals surface area contributed by atoms with Gasteiger partial charge in [0.2, 0.25) is 5.78 Å². The van der Waals surface area contributed by atoms with Crippen molar-refractivity contribution in [3.8, 4) is 5.69 Å². The van der Waals surface area contributed by atoms with E-state index in [0.717, 1.165) is 24.5 Å². The number of tetrazole rings is 1. The molecule has 1 saturated heterocycles. The summed E-state index contributed by atoms with van der Waals surface area (Å²) in [5.74, 6) is -0.982. The lowest BCUT2D eigenvalue weighted by molar-refractivity contribution is -0.117. The minimum atomic E-state index is -0.392. The SMILES string of the molecule is N=C(Nc1ccc(F)c(Br)c1)C(=O)C1CCN(c2ccc(-n3cnnn3)cc2)CC1. The van der Waals surface area contributed by atoms with Gasteiger partial charge in [-0.2, -0.15) is 0 Å². The molecule has 0 atom stereocenters. The van der Waals surface area contributed by atoms with E-state index in [0.29, 0.717) is 18.5 Å². The Morgan fingerprint density at radius 2 is 1.83 bits per heavy atom. The smallest absolute Gasteiger partial charge is 0.200 e. The molecule has 1 fully saturated rings. The lowest BCUT2D eigenvalue weighted by Gasteiger charge is -2.33. The van der Waals surface area contributed by atoms with Crippen LogP contribution in [0.2, 0.25) is 0 Å². The second-order valence-corrected chi connectivity index (χ2v) is 7.88. The molecular formula is C20H19BrFN7O.